The van der Waals surface area contributed by atoms with Crippen molar-refractivity contribution in [2.24, 2.45) is 0 Å². The molecule has 2 aromatic carbocycles. The van der Waals surface area contributed by atoms with Gasteiger partial charge in [0.1, 0.15) is 24.5 Å². The van der Waals surface area contributed by atoms with E-state index >= 15 is 0 Å². The van der Waals surface area contributed by atoms with Crippen LogP contribution in [-0.4, -0.2) is 43.7 Å². The summed E-state index contributed by atoms with van der Waals surface area (Å²) < 4.78 is 15.6. The lowest BCUT2D eigenvalue weighted by atomic mass is 10.1. The maximum absolute atomic E-state index is 12.2. The van der Waals surface area contributed by atoms with Crippen LogP contribution >= 0.6 is 0 Å². The maximum Gasteiger partial charge on any atom is 0.329 e. The summed E-state index contributed by atoms with van der Waals surface area (Å²) in [6, 6.07) is 15.0. The Kier molecular flexibility index (Phi) is 6.26. The van der Waals surface area contributed by atoms with E-state index in [4.69, 9.17) is 9.47 Å². The molecule has 2 atom stereocenters. The zero-order chi connectivity index (χ0) is 19.9. The van der Waals surface area contributed by atoms with Gasteiger partial charge in [0, 0.05) is 12.0 Å². The summed E-state index contributed by atoms with van der Waals surface area (Å²) in [6.45, 7) is 0.180. The number of rotatable bonds is 7. The average molecular weight is 383 g/mol. The number of hydrogen-bond acceptors (Lipinski definition) is 6. The van der Waals surface area contributed by atoms with Gasteiger partial charge in [0.15, 0.2) is 0 Å². The Morgan fingerprint density at radius 1 is 1.11 bits per heavy atom. The quantitative estimate of drug-likeness (QED) is 0.735. The summed E-state index contributed by atoms with van der Waals surface area (Å²) in [5.41, 5.74) is 1.30. The van der Waals surface area contributed by atoms with Gasteiger partial charge in [0.05, 0.1) is 13.5 Å². The first-order chi connectivity index (χ1) is 13.5. The van der Waals surface area contributed by atoms with Gasteiger partial charge in [-0.15, -0.1) is 0 Å². The zero-order valence-corrected chi connectivity index (χ0v) is 15.4. The topological polar surface area (TPSA) is 90.9 Å². The van der Waals surface area contributed by atoms with Crippen LogP contribution in [-0.2, 0) is 25.5 Å². The third-order valence-corrected chi connectivity index (χ3v) is 4.34. The number of carbonyl (C=O) groups is 3. The number of ether oxygens (including phenoxy) is 3. The van der Waals surface area contributed by atoms with E-state index in [0.717, 1.165) is 5.56 Å². The minimum Gasteiger partial charge on any atom is -0.490 e. The number of amides is 1. The largest absolute Gasteiger partial charge is 0.490 e. The van der Waals surface area contributed by atoms with Gasteiger partial charge in [-0.05, 0) is 29.8 Å². The summed E-state index contributed by atoms with van der Waals surface area (Å²) in [7, 11) is 1.35. The van der Waals surface area contributed by atoms with Crippen molar-refractivity contribution in [3.8, 4) is 5.75 Å². The zero-order valence-electron chi connectivity index (χ0n) is 15.4. The van der Waals surface area contributed by atoms with Crippen LogP contribution in [0.4, 0.5) is 0 Å². The molecule has 0 aromatic heterocycles. The molecule has 3 rings (SSSR count). The van der Waals surface area contributed by atoms with Crippen molar-refractivity contribution < 1.29 is 28.6 Å². The lowest BCUT2D eigenvalue weighted by Gasteiger charge is -2.11. The molecule has 1 aliphatic heterocycles. The van der Waals surface area contributed by atoms with Gasteiger partial charge in [-0.3, -0.25) is 9.59 Å². The molecule has 1 saturated heterocycles. The molecular formula is C21H21NO6. The molecule has 1 amide bonds. The van der Waals surface area contributed by atoms with E-state index < -0.39 is 18.1 Å². The van der Waals surface area contributed by atoms with E-state index in [1.807, 2.05) is 6.07 Å². The maximum atomic E-state index is 12.2. The second kappa shape index (κ2) is 9.03. The molecule has 1 N–H and O–H groups in total. The third kappa shape index (κ3) is 5.09. The second-order valence-corrected chi connectivity index (χ2v) is 6.39. The van der Waals surface area contributed by atoms with E-state index in [9.17, 15) is 14.4 Å². The predicted molar refractivity (Wildman–Crippen MR) is 99.9 cm³/mol. The first kappa shape index (κ1) is 19.4. The number of nitrogens with one attached hydrogen (secondary N) is 1. The third-order valence-electron chi connectivity index (χ3n) is 4.34. The SMILES string of the molecule is COC(=O)Cc1ccc(OC[C@@H]2C[C@H](NC(=O)c3ccccc3)C(=O)O2)cc1. The van der Waals surface area contributed by atoms with Crippen LogP contribution in [0.3, 0.4) is 0 Å². The normalized spacial score (nSPS) is 18.2. The Bertz CT molecular complexity index is 834. The molecule has 7 heteroatoms. The fourth-order valence-electron chi connectivity index (χ4n) is 2.84. The van der Waals surface area contributed by atoms with E-state index in [1.165, 1.54) is 7.11 Å². The van der Waals surface area contributed by atoms with Crippen molar-refractivity contribution in [2.45, 2.75) is 25.0 Å². The second-order valence-electron chi connectivity index (χ2n) is 6.39. The van der Waals surface area contributed by atoms with Gasteiger partial charge in [0.2, 0.25) is 0 Å². The summed E-state index contributed by atoms with van der Waals surface area (Å²) in [5, 5.41) is 2.69. The summed E-state index contributed by atoms with van der Waals surface area (Å²) >= 11 is 0. The van der Waals surface area contributed by atoms with Crippen LogP contribution in [0.25, 0.3) is 0 Å². The molecule has 0 bridgehead atoms. The van der Waals surface area contributed by atoms with Crippen molar-refractivity contribution in [1.29, 1.82) is 0 Å². The van der Waals surface area contributed by atoms with Crippen LogP contribution in [0.5, 0.6) is 5.75 Å². The first-order valence-electron chi connectivity index (χ1n) is 8.90. The van der Waals surface area contributed by atoms with Crippen molar-refractivity contribution in [3.63, 3.8) is 0 Å². The fourth-order valence-corrected chi connectivity index (χ4v) is 2.84. The summed E-state index contributed by atoms with van der Waals surface area (Å²) in [6.07, 6.45) is 0.0980. The molecule has 1 heterocycles. The highest BCUT2D eigenvalue weighted by molar-refractivity contribution is 5.97. The number of carbonyl (C=O) groups excluding carboxylic acids is 3. The van der Waals surface area contributed by atoms with Crippen LogP contribution in [0, 0.1) is 0 Å². The van der Waals surface area contributed by atoms with E-state index in [0.29, 0.717) is 17.7 Å². The van der Waals surface area contributed by atoms with E-state index in [-0.39, 0.29) is 24.9 Å². The smallest absolute Gasteiger partial charge is 0.329 e. The molecule has 0 spiro atoms. The molecule has 0 saturated carbocycles. The summed E-state index contributed by atoms with van der Waals surface area (Å²) in [4.78, 5) is 35.4. The predicted octanol–water partition coefficient (Wildman–Crippen LogP) is 1.89. The first-order valence-corrected chi connectivity index (χ1v) is 8.90. The van der Waals surface area contributed by atoms with Gasteiger partial charge >= 0.3 is 11.9 Å². The summed E-state index contributed by atoms with van der Waals surface area (Å²) in [5.74, 6) is -0.492. The van der Waals surface area contributed by atoms with Crippen molar-refractivity contribution in [1.82, 2.24) is 5.32 Å². The molecule has 1 aliphatic rings. The number of hydrogen-bond donors (Lipinski definition) is 1. The Morgan fingerprint density at radius 3 is 2.50 bits per heavy atom. The number of cyclic esters (lactones) is 1. The Hall–Kier alpha value is -3.35. The van der Waals surface area contributed by atoms with Crippen molar-refractivity contribution >= 4 is 17.8 Å². The fraction of sp³-hybridized carbons (Fsp3) is 0.286. The molecule has 1 fully saturated rings. The number of methoxy groups -OCH3 is 1. The molecule has 146 valence electrons. The minimum absolute atomic E-state index is 0.180. The van der Waals surface area contributed by atoms with Gasteiger partial charge in [-0.2, -0.15) is 0 Å². The molecule has 28 heavy (non-hydrogen) atoms. The van der Waals surface area contributed by atoms with E-state index in [2.05, 4.69) is 10.1 Å². The van der Waals surface area contributed by atoms with Crippen LogP contribution in [0.2, 0.25) is 0 Å². The Morgan fingerprint density at radius 2 is 1.82 bits per heavy atom. The highest BCUT2D eigenvalue weighted by atomic mass is 16.6. The molecule has 2 aromatic rings. The lowest BCUT2D eigenvalue weighted by Crippen LogP contribution is -2.38. The Labute approximate surface area is 162 Å². The Balaban J connectivity index is 1.48. The standard InChI is InChI=1S/C21H21NO6/c1-26-19(23)11-14-7-9-16(10-8-14)27-13-17-12-18(21(25)28-17)22-20(24)15-5-3-2-4-6-15/h2-10,17-18H,11-13H2,1H3,(H,22,24)/t17-,18-/m0/s1. The molecule has 0 aliphatic carbocycles. The highest BCUT2D eigenvalue weighted by Gasteiger charge is 2.36. The van der Waals surface area contributed by atoms with Gasteiger partial charge in [-0.1, -0.05) is 30.3 Å². The number of benzene rings is 2. The van der Waals surface area contributed by atoms with Gasteiger partial charge in [0.25, 0.3) is 5.91 Å². The number of esters is 2. The minimum atomic E-state index is -0.691. The van der Waals surface area contributed by atoms with E-state index in [1.54, 1.807) is 48.5 Å². The van der Waals surface area contributed by atoms with Crippen LogP contribution in [0.1, 0.15) is 22.3 Å². The highest BCUT2D eigenvalue weighted by Crippen LogP contribution is 2.19. The van der Waals surface area contributed by atoms with Gasteiger partial charge < -0.3 is 19.5 Å². The molecule has 0 radical (unpaired) electrons. The van der Waals surface area contributed by atoms with Crippen molar-refractivity contribution in [2.75, 3.05) is 13.7 Å². The van der Waals surface area contributed by atoms with Crippen LogP contribution < -0.4 is 10.1 Å². The van der Waals surface area contributed by atoms with Crippen molar-refractivity contribution in [3.05, 3.63) is 65.7 Å². The molecule has 0 unspecified atom stereocenters. The molecular weight excluding hydrogens is 362 g/mol. The average Bonchev–Trinajstić information content (AvgIpc) is 3.07. The lowest BCUT2D eigenvalue weighted by molar-refractivity contribution is -0.143. The van der Waals surface area contributed by atoms with Gasteiger partial charge in [-0.25, -0.2) is 4.79 Å². The molecule has 7 nitrogen and oxygen atoms in total. The van der Waals surface area contributed by atoms with Crippen LogP contribution in [0.15, 0.2) is 54.6 Å². The monoisotopic (exact) mass is 383 g/mol.